The van der Waals surface area contributed by atoms with Crippen LogP contribution in [0.25, 0.3) is 0 Å². The minimum atomic E-state index is 0.631. The molecule has 1 aliphatic heterocycles. The monoisotopic (exact) mass is 151 g/mol. The minimum absolute atomic E-state index is 0.631. The third kappa shape index (κ3) is 1.42. The molecule has 11 heavy (non-hydrogen) atoms. The van der Waals surface area contributed by atoms with Gasteiger partial charge in [-0.2, -0.15) is 0 Å². The molecule has 0 unspecified atom stereocenters. The summed E-state index contributed by atoms with van der Waals surface area (Å²) in [7, 11) is 0. The molecule has 0 aromatic rings. The zero-order chi connectivity index (χ0) is 7.52. The summed E-state index contributed by atoms with van der Waals surface area (Å²) in [6.07, 6.45) is 10.4. The lowest BCUT2D eigenvalue weighted by Gasteiger charge is -2.20. The fourth-order valence-corrected chi connectivity index (χ4v) is 1.76. The Hall–Kier alpha value is -0.860. The maximum atomic E-state index is 4.01. The molecule has 1 aliphatic carbocycles. The average Bonchev–Trinajstić information content (AvgIpc) is 2.58. The molecule has 2 rings (SSSR count). The zero-order valence-electron chi connectivity index (χ0n) is 6.61. The van der Waals surface area contributed by atoms with Crippen molar-refractivity contribution >= 4 is 0 Å². The summed E-state index contributed by atoms with van der Waals surface area (Å²) in [6, 6.07) is 0.631. The second kappa shape index (κ2) is 3.03. The van der Waals surface area contributed by atoms with Crippen molar-refractivity contribution in [3.05, 3.63) is 12.4 Å². The number of hydrogen-bond acceptors (Lipinski definition) is 3. The quantitative estimate of drug-likeness (QED) is 0.562. The Kier molecular flexibility index (Phi) is 1.88. The zero-order valence-corrected chi connectivity index (χ0v) is 6.61. The molecule has 0 aromatic carbocycles. The van der Waals surface area contributed by atoms with E-state index in [1.54, 1.807) is 6.20 Å². The van der Waals surface area contributed by atoms with E-state index in [9.17, 15) is 0 Å². The number of nitrogens with zero attached hydrogens (tertiary/aromatic N) is 3. The van der Waals surface area contributed by atoms with Crippen LogP contribution >= 0.6 is 0 Å². The van der Waals surface area contributed by atoms with Gasteiger partial charge in [0.2, 0.25) is 6.20 Å². The highest BCUT2D eigenvalue weighted by Gasteiger charge is 2.26. The van der Waals surface area contributed by atoms with Gasteiger partial charge in [0, 0.05) is 0 Å². The molecule has 1 fully saturated rings. The molecule has 3 nitrogen and oxygen atoms in total. The standard InChI is InChI=1S/C8H13N3/c1-2-4-8(5-3-1)11-7-6-9-10-11/h6-8H,1-5H2/q+1. The molecule has 1 heterocycles. The Bertz CT molecular complexity index is 168. The first-order valence-corrected chi connectivity index (χ1v) is 4.32. The van der Waals surface area contributed by atoms with E-state index < -0.39 is 0 Å². The summed E-state index contributed by atoms with van der Waals surface area (Å²) in [5.74, 6) is 0. The van der Waals surface area contributed by atoms with Crippen molar-refractivity contribution in [3.8, 4) is 0 Å². The SMILES string of the molecule is C1=CN(C2CCCCC2)N=[N+]1. The van der Waals surface area contributed by atoms with Crippen LogP contribution in [-0.4, -0.2) is 11.1 Å². The Morgan fingerprint density at radius 2 is 2.09 bits per heavy atom. The third-order valence-electron chi connectivity index (χ3n) is 2.39. The summed E-state index contributed by atoms with van der Waals surface area (Å²) in [6.45, 7) is 0. The van der Waals surface area contributed by atoms with Gasteiger partial charge in [-0.25, -0.2) is 0 Å². The van der Waals surface area contributed by atoms with E-state index in [0.29, 0.717) is 6.04 Å². The first-order valence-electron chi connectivity index (χ1n) is 4.32. The lowest BCUT2D eigenvalue weighted by Crippen LogP contribution is -2.27. The first-order chi connectivity index (χ1) is 5.47. The highest BCUT2D eigenvalue weighted by Crippen LogP contribution is 2.23. The number of rotatable bonds is 1. The molecule has 0 atom stereocenters. The highest BCUT2D eigenvalue weighted by molar-refractivity contribution is 4.86. The summed E-state index contributed by atoms with van der Waals surface area (Å²) >= 11 is 0. The average molecular weight is 151 g/mol. The largest absolute Gasteiger partial charge is 0.208 e. The molecular formula is C8H13N3+. The topological polar surface area (TPSA) is 29.7 Å². The Morgan fingerprint density at radius 1 is 1.27 bits per heavy atom. The number of hydrogen-bond donors (Lipinski definition) is 0. The molecule has 0 N–H and O–H groups in total. The van der Waals surface area contributed by atoms with Gasteiger partial charge in [-0.15, -0.1) is 5.01 Å². The van der Waals surface area contributed by atoms with Gasteiger partial charge < -0.3 is 0 Å². The Balaban J connectivity index is 1.92. The fourth-order valence-electron chi connectivity index (χ4n) is 1.76. The van der Waals surface area contributed by atoms with Crippen LogP contribution in [0, 0.1) is 0 Å². The predicted octanol–water partition coefficient (Wildman–Crippen LogP) is 1.81. The molecule has 0 aromatic heterocycles. The van der Waals surface area contributed by atoms with Gasteiger partial charge in [0.25, 0.3) is 0 Å². The van der Waals surface area contributed by atoms with Crippen LogP contribution in [0.4, 0.5) is 0 Å². The second-order valence-electron chi connectivity index (χ2n) is 3.17. The maximum Gasteiger partial charge on any atom is 0.208 e. The van der Waals surface area contributed by atoms with Gasteiger partial charge in [0.1, 0.15) is 11.3 Å². The van der Waals surface area contributed by atoms with Gasteiger partial charge >= 0.3 is 0 Å². The van der Waals surface area contributed by atoms with Gasteiger partial charge in [0.05, 0.1) is 5.11 Å². The summed E-state index contributed by atoms with van der Waals surface area (Å²) < 4.78 is 0. The molecule has 1 saturated carbocycles. The highest BCUT2D eigenvalue weighted by atomic mass is 15.6. The van der Waals surface area contributed by atoms with Crippen molar-refractivity contribution < 1.29 is 0 Å². The lowest BCUT2D eigenvalue weighted by atomic mass is 9.95. The van der Waals surface area contributed by atoms with E-state index in [1.165, 1.54) is 32.1 Å². The van der Waals surface area contributed by atoms with Crippen LogP contribution in [0.2, 0.25) is 0 Å². The fraction of sp³-hybridized carbons (Fsp3) is 0.750. The van der Waals surface area contributed by atoms with E-state index >= 15 is 0 Å². The second-order valence-corrected chi connectivity index (χ2v) is 3.17. The van der Waals surface area contributed by atoms with E-state index in [1.807, 2.05) is 11.2 Å². The van der Waals surface area contributed by atoms with Crippen LogP contribution in [0.5, 0.6) is 0 Å². The van der Waals surface area contributed by atoms with Gasteiger partial charge in [-0.05, 0) is 25.7 Å². The van der Waals surface area contributed by atoms with Crippen molar-refractivity contribution in [2.24, 2.45) is 5.22 Å². The van der Waals surface area contributed by atoms with Crippen molar-refractivity contribution in [1.29, 1.82) is 0 Å². The molecule has 2 aliphatic rings. The Morgan fingerprint density at radius 3 is 2.73 bits per heavy atom. The third-order valence-corrected chi connectivity index (χ3v) is 2.39. The molecular weight excluding hydrogens is 138 g/mol. The predicted molar refractivity (Wildman–Crippen MR) is 42.4 cm³/mol. The summed E-state index contributed by atoms with van der Waals surface area (Å²) in [5, 5.41) is 9.82. The van der Waals surface area contributed by atoms with Crippen LogP contribution in [0.15, 0.2) is 17.6 Å². The molecule has 3 heteroatoms. The van der Waals surface area contributed by atoms with Crippen molar-refractivity contribution in [1.82, 2.24) is 10.1 Å². The first kappa shape index (κ1) is 6.83. The van der Waals surface area contributed by atoms with Gasteiger partial charge in [-0.3, -0.25) is 0 Å². The molecule has 0 amide bonds. The van der Waals surface area contributed by atoms with Crippen molar-refractivity contribution in [2.75, 3.05) is 0 Å². The molecule has 0 bridgehead atoms. The molecule has 0 spiro atoms. The lowest BCUT2D eigenvalue weighted by molar-refractivity contribution is 0.219. The molecule has 1 radical (unpaired) electrons. The van der Waals surface area contributed by atoms with Crippen LogP contribution in [0.3, 0.4) is 0 Å². The van der Waals surface area contributed by atoms with Gasteiger partial charge in [0.15, 0.2) is 6.20 Å². The van der Waals surface area contributed by atoms with Crippen molar-refractivity contribution in [3.63, 3.8) is 0 Å². The summed E-state index contributed by atoms with van der Waals surface area (Å²) in [5.41, 5.74) is 0. The Labute approximate surface area is 66.8 Å². The van der Waals surface area contributed by atoms with E-state index in [-0.39, 0.29) is 0 Å². The van der Waals surface area contributed by atoms with Crippen LogP contribution in [-0.2, 0) is 0 Å². The molecule has 59 valence electrons. The van der Waals surface area contributed by atoms with E-state index in [0.717, 1.165) is 0 Å². The van der Waals surface area contributed by atoms with Crippen LogP contribution in [0.1, 0.15) is 32.1 Å². The maximum absolute atomic E-state index is 4.01. The van der Waals surface area contributed by atoms with Crippen molar-refractivity contribution in [2.45, 2.75) is 38.1 Å². The van der Waals surface area contributed by atoms with Gasteiger partial charge in [-0.1, -0.05) is 6.42 Å². The van der Waals surface area contributed by atoms with Crippen LogP contribution < -0.4 is 5.11 Å². The molecule has 0 saturated heterocycles. The van der Waals surface area contributed by atoms with E-state index in [2.05, 4.69) is 10.3 Å². The summed E-state index contributed by atoms with van der Waals surface area (Å²) in [4.78, 5) is 0. The van der Waals surface area contributed by atoms with E-state index in [4.69, 9.17) is 0 Å². The smallest absolute Gasteiger partial charge is 0.131 e. The minimum Gasteiger partial charge on any atom is -0.131 e. The normalized spacial score (nSPS) is 24.9.